The summed E-state index contributed by atoms with van der Waals surface area (Å²) in [5.41, 5.74) is 6.52. The summed E-state index contributed by atoms with van der Waals surface area (Å²) in [6.45, 7) is 7.95. The summed E-state index contributed by atoms with van der Waals surface area (Å²) in [4.78, 5) is 17.2. The van der Waals surface area contributed by atoms with Gasteiger partial charge in [0.2, 0.25) is 11.6 Å². The highest BCUT2D eigenvalue weighted by Crippen LogP contribution is 2.29. The highest BCUT2D eigenvalue weighted by atomic mass is 19.1. The van der Waals surface area contributed by atoms with E-state index in [1.54, 1.807) is 11.0 Å². The maximum absolute atomic E-state index is 13.6. The van der Waals surface area contributed by atoms with Crippen molar-refractivity contribution in [2.45, 2.75) is 18.8 Å². The predicted octanol–water partition coefficient (Wildman–Crippen LogP) is 2.97. The molecule has 1 aromatic heterocycles. The Morgan fingerprint density at radius 2 is 2.13 bits per heavy atom. The first-order valence-electron chi connectivity index (χ1n) is 7.27. The number of benzene rings is 1. The fraction of sp³-hybridized carbons (Fsp3) is 0.312. The van der Waals surface area contributed by atoms with Crippen molar-refractivity contribution in [2.75, 3.05) is 18.8 Å². The summed E-state index contributed by atoms with van der Waals surface area (Å²) in [5, 5.41) is 3.92. The average Bonchev–Trinajstić information content (AvgIpc) is 3.01. The smallest absolute Gasteiger partial charge is 0.253 e. The van der Waals surface area contributed by atoms with Gasteiger partial charge in [-0.25, -0.2) is 9.24 Å². The molecule has 6 nitrogen and oxygen atoms in total. The van der Waals surface area contributed by atoms with Crippen LogP contribution < -0.4 is 5.73 Å². The number of likely N-dealkylation sites (tertiary alicyclic amines) is 1. The van der Waals surface area contributed by atoms with Crippen molar-refractivity contribution < 1.29 is 13.7 Å². The molecule has 0 spiro atoms. The Hall–Kier alpha value is -2.88. The predicted molar refractivity (Wildman–Crippen MR) is 81.5 cm³/mol. The molecule has 2 aromatic rings. The van der Waals surface area contributed by atoms with Gasteiger partial charge in [-0.2, -0.15) is 0 Å². The summed E-state index contributed by atoms with van der Waals surface area (Å²) in [6, 6.07) is 5.66. The lowest BCUT2D eigenvalue weighted by Gasteiger charge is -2.31. The number of nitrogens with two attached hydrogens (primary N) is 1. The maximum Gasteiger partial charge on any atom is 0.253 e. The highest BCUT2D eigenvalue weighted by molar-refractivity contribution is 5.94. The van der Waals surface area contributed by atoms with Crippen LogP contribution in [0.5, 0.6) is 0 Å². The van der Waals surface area contributed by atoms with Crippen molar-refractivity contribution >= 4 is 17.5 Å². The van der Waals surface area contributed by atoms with E-state index in [-0.39, 0.29) is 29.0 Å². The molecule has 3 rings (SSSR count). The van der Waals surface area contributed by atoms with Crippen LogP contribution in [0.4, 0.5) is 16.0 Å². The molecule has 0 radical (unpaired) electrons. The molecular formula is C16H15FN4O2. The number of anilines is 1. The van der Waals surface area contributed by atoms with Crippen LogP contribution in [0.25, 0.3) is 4.85 Å². The Morgan fingerprint density at radius 1 is 1.39 bits per heavy atom. The van der Waals surface area contributed by atoms with Crippen molar-refractivity contribution in [1.82, 2.24) is 10.1 Å². The number of carbonyl (C=O) groups is 1. The third kappa shape index (κ3) is 3.01. The molecule has 0 bridgehead atoms. The van der Waals surface area contributed by atoms with Gasteiger partial charge in [-0.15, -0.1) is 0 Å². The maximum atomic E-state index is 13.6. The second kappa shape index (κ2) is 6.08. The normalized spacial score (nSPS) is 15.4. The van der Waals surface area contributed by atoms with Crippen molar-refractivity contribution in [1.29, 1.82) is 0 Å². The standard InChI is InChI=1S/C16H15FN4O2/c1-19-13-3-2-11(8-12(13)17)16(22)21-6-4-10(5-7-21)14-9-15(18)23-20-14/h2-3,8-10H,4-7,18H2. The van der Waals surface area contributed by atoms with Gasteiger partial charge in [0.05, 0.1) is 12.3 Å². The monoisotopic (exact) mass is 314 g/mol. The van der Waals surface area contributed by atoms with Crippen LogP contribution in [0.15, 0.2) is 28.8 Å². The zero-order valence-corrected chi connectivity index (χ0v) is 12.3. The number of aromatic nitrogens is 1. The quantitative estimate of drug-likeness (QED) is 0.865. The summed E-state index contributed by atoms with van der Waals surface area (Å²) in [5.74, 6) is -0.396. The van der Waals surface area contributed by atoms with E-state index in [9.17, 15) is 9.18 Å². The van der Waals surface area contributed by atoms with Gasteiger partial charge in [0, 0.05) is 30.6 Å². The number of halogens is 1. The third-order valence-electron chi connectivity index (χ3n) is 4.06. The van der Waals surface area contributed by atoms with Crippen LogP contribution in [0.2, 0.25) is 0 Å². The number of nitrogen functional groups attached to an aromatic ring is 1. The van der Waals surface area contributed by atoms with Crippen molar-refractivity contribution in [3.63, 3.8) is 0 Å². The van der Waals surface area contributed by atoms with Crippen molar-refractivity contribution in [2.24, 2.45) is 0 Å². The molecule has 2 N–H and O–H groups in total. The van der Waals surface area contributed by atoms with E-state index in [1.165, 1.54) is 12.1 Å². The van der Waals surface area contributed by atoms with E-state index in [4.69, 9.17) is 16.8 Å². The summed E-state index contributed by atoms with van der Waals surface area (Å²) in [7, 11) is 0. The number of rotatable bonds is 2. The Labute approximate surface area is 132 Å². The van der Waals surface area contributed by atoms with Gasteiger partial charge in [0.25, 0.3) is 5.91 Å². The molecular weight excluding hydrogens is 299 g/mol. The lowest BCUT2D eigenvalue weighted by atomic mass is 9.93. The molecule has 1 aliphatic rings. The number of carbonyl (C=O) groups excluding carboxylic acids is 1. The second-order valence-electron chi connectivity index (χ2n) is 5.50. The number of piperidine rings is 1. The van der Waals surface area contributed by atoms with Crippen molar-refractivity contribution in [3.8, 4) is 0 Å². The Morgan fingerprint density at radius 3 is 2.70 bits per heavy atom. The number of hydrogen-bond donors (Lipinski definition) is 1. The highest BCUT2D eigenvalue weighted by Gasteiger charge is 2.26. The topological polar surface area (TPSA) is 76.7 Å². The minimum atomic E-state index is -0.668. The van der Waals surface area contributed by atoms with E-state index in [1.807, 2.05) is 0 Å². The van der Waals surface area contributed by atoms with Crippen LogP contribution in [0.3, 0.4) is 0 Å². The largest absolute Gasteiger partial charge is 0.368 e. The first-order valence-corrected chi connectivity index (χ1v) is 7.27. The molecule has 0 atom stereocenters. The first kappa shape index (κ1) is 15.0. The molecule has 1 saturated heterocycles. The fourth-order valence-corrected chi connectivity index (χ4v) is 2.79. The van der Waals surface area contributed by atoms with Gasteiger partial charge < -0.3 is 15.2 Å². The van der Waals surface area contributed by atoms with Gasteiger partial charge >= 0.3 is 0 Å². The molecule has 1 aromatic carbocycles. The summed E-state index contributed by atoms with van der Waals surface area (Å²) >= 11 is 0. The minimum Gasteiger partial charge on any atom is -0.368 e. The van der Waals surface area contributed by atoms with Gasteiger partial charge in [-0.1, -0.05) is 17.3 Å². The van der Waals surface area contributed by atoms with Gasteiger partial charge in [-0.3, -0.25) is 4.79 Å². The Kier molecular flexibility index (Phi) is 3.98. The zero-order valence-electron chi connectivity index (χ0n) is 12.3. The van der Waals surface area contributed by atoms with Crippen LogP contribution in [0, 0.1) is 12.4 Å². The van der Waals surface area contributed by atoms with Gasteiger partial charge in [-0.05, 0) is 18.9 Å². The molecule has 2 heterocycles. The minimum absolute atomic E-state index is 0.0797. The molecule has 0 saturated carbocycles. The van der Waals surface area contributed by atoms with E-state index in [0.29, 0.717) is 13.1 Å². The van der Waals surface area contributed by atoms with E-state index in [0.717, 1.165) is 24.6 Å². The molecule has 0 aliphatic carbocycles. The SMILES string of the molecule is [C-]#[N+]c1ccc(C(=O)N2CCC(c3cc(N)on3)CC2)cc1F. The fourth-order valence-electron chi connectivity index (χ4n) is 2.79. The Balaban J connectivity index is 1.66. The van der Waals surface area contributed by atoms with E-state index < -0.39 is 5.82 Å². The van der Waals surface area contributed by atoms with Crippen LogP contribution >= 0.6 is 0 Å². The first-order chi connectivity index (χ1) is 11.1. The van der Waals surface area contributed by atoms with Gasteiger partial charge in [0.1, 0.15) is 5.82 Å². The van der Waals surface area contributed by atoms with Crippen LogP contribution in [0.1, 0.15) is 34.8 Å². The summed E-state index contributed by atoms with van der Waals surface area (Å²) in [6.07, 6.45) is 1.50. The zero-order chi connectivity index (χ0) is 16.4. The molecule has 1 fully saturated rings. The molecule has 23 heavy (non-hydrogen) atoms. The van der Waals surface area contributed by atoms with Crippen molar-refractivity contribution in [3.05, 3.63) is 52.8 Å². The molecule has 1 amide bonds. The second-order valence-corrected chi connectivity index (χ2v) is 5.50. The molecule has 118 valence electrons. The number of nitrogens with zero attached hydrogens (tertiary/aromatic N) is 3. The van der Waals surface area contributed by atoms with Crippen LogP contribution in [-0.4, -0.2) is 29.1 Å². The molecule has 1 aliphatic heterocycles. The van der Waals surface area contributed by atoms with E-state index >= 15 is 0 Å². The lowest BCUT2D eigenvalue weighted by molar-refractivity contribution is 0.0711. The Bertz CT molecular complexity index is 773. The third-order valence-corrected chi connectivity index (χ3v) is 4.06. The lowest BCUT2D eigenvalue weighted by Crippen LogP contribution is -2.38. The van der Waals surface area contributed by atoms with Gasteiger partial charge in [0.15, 0.2) is 0 Å². The van der Waals surface area contributed by atoms with E-state index in [2.05, 4.69) is 10.0 Å². The summed E-state index contributed by atoms with van der Waals surface area (Å²) < 4.78 is 18.5. The number of amides is 1. The molecule has 0 unspecified atom stereocenters. The molecule has 7 heteroatoms. The number of hydrogen-bond acceptors (Lipinski definition) is 4. The average molecular weight is 314 g/mol. The van der Waals surface area contributed by atoms with Crippen LogP contribution in [-0.2, 0) is 0 Å².